The van der Waals surface area contributed by atoms with Gasteiger partial charge in [-0.2, -0.15) is 0 Å². The largest absolute Gasteiger partial charge is 0.506 e. The topological polar surface area (TPSA) is 76.3 Å². The minimum atomic E-state index is -0.428. The Balaban J connectivity index is 2.36. The molecule has 0 bridgehead atoms. The summed E-state index contributed by atoms with van der Waals surface area (Å²) in [5.74, 6) is -0.0269. The van der Waals surface area contributed by atoms with Crippen molar-refractivity contribution >= 4 is 22.6 Å². The monoisotopic (exact) mass is 312 g/mol. The van der Waals surface area contributed by atoms with Gasteiger partial charge in [0.15, 0.2) is 5.58 Å². The number of aromatic hydroxyl groups is 1. The fourth-order valence-corrected chi connectivity index (χ4v) is 2.50. The minimum Gasteiger partial charge on any atom is -0.506 e. The van der Waals surface area contributed by atoms with Gasteiger partial charge >= 0.3 is 5.63 Å². The lowest BCUT2D eigenvalue weighted by molar-refractivity contribution is -0.670. The summed E-state index contributed by atoms with van der Waals surface area (Å²) in [4.78, 5) is 11.6. The van der Waals surface area contributed by atoms with E-state index in [9.17, 15) is 9.90 Å². The van der Waals surface area contributed by atoms with E-state index in [1.165, 1.54) is 6.07 Å². The van der Waals surface area contributed by atoms with Crippen LogP contribution in [0.4, 0.5) is 0 Å². The molecule has 0 radical (unpaired) electrons. The SMILES string of the molecule is COCCC[NH2+]Cc1c(O)c(Cl)cc2c(C)cc(=O)oc12. The molecule has 0 saturated heterocycles. The Morgan fingerprint density at radius 1 is 1.43 bits per heavy atom. The highest BCUT2D eigenvalue weighted by Gasteiger charge is 2.17. The first-order valence-electron chi connectivity index (χ1n) is 6.80. The van der Waals surface area contributed by atoms with E-state index >= 15 is 0 Å². The van der Waals surface area contributed by atoms with Crippen LogP contribution >= 0.6 is 11.6 Å². The van der Waals surface area contributed by atoms with Crippen molar-refractivity contribution in [2.75, 3.05) is 20.3 Å². The highest BCUT2D eigenvalue weighted by Crippen LogP contribution is 2.34. The molecule has 0 fully saturated rings. The molecule has 0 atom stereocenters. The summed E-state index contributed by atoms with van der Waals surface area (Å²) in [6.45, 7) is 3.84. The molecule has 0 aliphatic carbocycles. The van der Waals surface area contributed by atoms with Gasteiger partial charge in [0.05, 0.1) is 23.7 Å². The second kappa shape index (κ2) is 6.93. The molecular formula is C15H19ClNO4+. The molecule has 2 rings (SSSR count). The van der Waals surface area contributed by atoms with Crippen molar-refractivity contribution in [1.82, 2.24) is 0 Å². The van der Waals surface area contributed by atoms with Gasteiger partial charge in [0, 0.05) is 25.0 Å². The highest BCUT2D eigenvalue weighted by molar-refractivity contribution is 6.33. The summed E-state index contributed by atoms with van der Waals surface area (Å²) < 4.78 is 10.3. The summed E-state index contributed by atoms with van der Waals surface area (Å²) in [6.07, 6.45) is 0.902. The Morgan fingerprint density at radius 3 is 2.90 bits per heavy atom. The lowest BCUT2D eigenvalue weighted by atomic mass is 10.1. The van der Waals surface area contributed by atoms with Crippen LogP contribution in [0.2, 0.25) is 5.02 Å². The van der Waals surface area contributed by atoms with Crippen LogP contribution in [0.1, 0.15) is 17.5 Å². The third kappa shape index (κ3) is 3.56. The van der Waals surface area contributed by atoms with Crippen LogP contribution in [0.25, 0.3) is 11.0 Å². The van der Waals surface area contributed by atoms with Crippen LogP contribution in [0, 0.1) is 6.92 Å². The van der Waals surface area contributed by atoms with Gasteiger partial charge < -0.3 is 19.6 Å². The van der Waals surface area contributed by atoms with Gasteiger partial charge in [0.25, 0.3) is 0 Å². The first kappa shape index (κ1) is 15.8. The predicted octanol–water partition coefficient (Wildman–Crippen LogP) is 1.56. The van der Waals surface area contributed by atoms with Gasteiger partial charge in [0.2, 0.25) is 0 Å². The average molecular weight is 313 g/mol. The Kier molecular flexibility index (Phi) is 5.22. The molecule has 5 nitrogen and oxygen atoms in total. The molecule has 3 N–H and O–H groups in total. The van der Waals surface area contributed by atoms with Crippen molar-refractivity contribution in [3.63, 3.8) is 0 Å². The van der Waals surface area contributed by atoms with E-state index in [0.29, 0.717) is 24.3 Å². The zero-order valence-corrected chi connectivity index (χ0v) is 12.9. The maximum atomic E-state index is 11.6. The number of hydrogen-bond acceptors (Lipinski definition) is 4. The van der Waals surface area contributed by atoms with Gasteiger partial charge in [-0.1, -0.05) is 11.6 Å². The van der Waals surface area contributed by atoms with Crippen LogP contribution in [-0.2, 0) is 11.3 Å². The number of phenols is 1. The molecule has 1 heterocycles. The number of phenolic OH excluding ortho intramolecular Hbond substituents is 1. The second-order valence-electron chi connectivity index (χ2n) is 4.94. The van der Waals surface area contributed by atoms with Crippen molar-refractivity contribution in [2.24, 2.45) is 0 Å². The van der Waals surface area contributed by atoms with Crippen molar-refractivity contribution in [2.45, 2.75) is 19.9 Å². The molecule has 0 aliphatic rings. The van der Waals surface area contributed by atoms with E-state index in [1.54, 1.807) is 13.2 Å². The Morgan fingerprint density at radius 2 is 2.19 bits per heavy atom. The molecule has 0 spiro atoms. The van der Waals surface area contributed by atoms with Crippen LogP contribution in [0.3, 0.4) is 0 Å². The van der Waals surface area contributed by atoms with Crippen LogP contribution < -0.4 is 10.9 Å². The fourth-order valence-electron chi connectivity index (χ4n) is 2.28. The Labute approximate surface area is 127 Å². The summed E-state index contributed by atoms with van der Waals surface area (Å²) >= 11 is 6.06. The van der Waals surface area contributed by atoms with E-state index in [0.717, 1.165) is 23.9 Å². The van der Waals surface area contributed by atoms with Gasteiger partial charge in [0.1, 0.15) is 12.3 Å². The summed E-state index contributed by atoms with van der Waals surface area (Å²) in [7, 11) is 1.66. The minimum absolute atomic E-state index is 0.0269. The average Bonchev–Trinajstić information content (AvgIpc) is 2.43. The molecule has 0 unspecified atom stereocenters. The van der Waals surface area contributed by atoms with Crippen LogP contribution in [-0.4, -0.2) is 25.4 Å². The molecule has 1 aromatic carbocycles. The quantitative estimate of drug-likeness (QED) is 0.627. The van der Waals surface area contributed by atoms with Crippen LogP contribution in [0.5, 0.6) is 5.75 Å². The molecule has 21 heavy (non-hydrogen) atoms. The third-order valence-corrected chi connectivity index (χ3v) is 3.66. The number of rotatable bonds is 6. The number of hydrogen-bond donors (Lipinski definition) is 2. The zero-order valence-electron chi connectivity index (χ0n) is 12.1. The smallest absolute Gasteiger partial charge is 0.336 e. The number of ether oxygens (including phenoxy) is 1. The number of nitrogens with two attached hydrogens (primary N) is 1. The predicted molar refractivity (Wildman–Crippen MR) is 80.9 cm³/mol. The summed E-state index contributed by atoms with van der Waals surface area (Å²) in [5.41, 5.74) is 1.31. The Hall–Kier alpha value is -1.56. The molecule has 0 aliphatic heterocycles. The number of quaternary nitrogens is 1. The van der Waals surface area contributed by atoms with E-state index in [-0.39, 0.29) is 10.8 Å². The lowest BCUT2D eigenvalue weighted by Gasteiger charge is -2.10. The lowest BCUT2D eigenvalue weighted by Crippen LogP contribution is -2.82. The van der Waals surface area contributed by atoms with E-state index in [2.05, 4.69) is 0 Å². The van der Waals surface area contributed by atoms with Crippen molar-refractivity contribution < 1.29 is 19.6 Å². The second-order valence-corrected chi connectivity index (χ2v) is 5.35. The summed E-state index contributed by atoms with van der Waals surface area (Å²) in [6, 6.07) is 3.04. The van der Waals surface area contributed by atoms with E-state index < -0.39 is 5.63 Å². The van der Waals surface area contributed by atoms with Gasteiger partial charge in [-0.05, 0) is 18.6 Å². The van der Waals surface area contributed by atoms with Crippen molar-refractivity contribution in [3.05, 3.63) is 38.7 Å². The van der Waals surface area contributed by atoms with E-state index in [4.69, 9.17) is 20.8 Å². The Bertz CT molecular complexity index is 696. The number of fused-ring (bicyclic) bond motifs is 1. The van der Waals surface area contributed by atoms with Gasteiger partial charge in [-0.3, -0.25) is 0 Å². The van der Waals surface area contributed by atoms with Crippen molar-refractivity contribution in [3.8, 4) is 5.75 Å². The zero-order chi connectivity index (χ0) is 15.4. The van der Waals surface area contributed by atoms with Crippen molar-refractivity contribution in [1.29, 1.82) is 0 Å². The molecule has 1 aromatic heterocycles. The first-order valence-corrected chi connectivity index (χ1v) is 7.17. The third-order valence-electron chi connectivity index (χ3n) is 3.37. The highest BCUT2D eigenvalue weighted by atomic mass is 35.5. The standard InChI is InChI=1S/C15H18ClNO4/c1-9-6-13(18)21-15-10(9)7-12(16)14(19)11(15)8-17-4-3-5-20-2/h6-7,17,19H,3-5,8H2,1-2H3/p+1. The summed E-state index contributed by atoms with van der Waals surface area (Å²) in [5, 5.41) is 13.2. The molecule has 0 saturated carbocycles. The maximum absolute atomic E-state index is 11.6. The molecule has 0 amide bonds. The van der Waals surface area contributed by atoms with E-state index in [1.807, 2.05) is 12.2 Å². The number of benzene rings is 1. The van der Waals surface area contributed by atoms with Crippen LogP contribution in [0.15, 0.2) is 21.3 Å². The first-order chi connectivity index (χ1) is 10.0. The number of halogens is 1. The number of methoxy groups -OCH3 is 1. The normalized spacial score (nSPS) is 11.2. The molecule has 6 heteroatoms. The fraction of sp³-hybridized carbons (Fsp3) is 0.400. The molecule has 114 valence electrons. The molecule has 2 aromatic rings. The van der Waals surface area contributed by atoms with Gasteiger partial charge in [-0.15, -0.1) is 0 Å². The molecular weight excluding hydrogens is 294 g/mol. The van der Waals surface area contributed by atoms with Gasteiger partial charge in [-0.25, -0.2) is 4.79 Å². The number of aryl methyl sites for hydroxylation is 1. The maximum Gasteiger partial charge on any atom is 0.336 e.